The van der Waals surface area contributed by atoms with Crippen LogP contribution >= 0.6 is 31.9 Å². The maximum Gasteiger partial charge on any atom is 0.307 e. The van der Waals surface area contributed by atoms with Gasteiger partial charge in [0, 0.05) is 10.7 Å². The third-order valence-corrected chi connectivity index (χ3v) is 2.23. The lowest BCUT2D eigenvalue weighted by atomic mass is 10.1. The van der Waals surface area contributed by atoms with E-state index in [-0.39, 0.29) is 5.92 Å². The van der Waals surface area contributed by atoms with E-state index in [0.717, 1.165) is 5.33 Å². The van der Waals surface area contributed by atoms with E-state index in [1.807, 2.05) is 0 Å². The van der Waals surface area contributed by atoms with E-state index < -0.39 is 5.97 Å². The molecule has 0 aromatic carbocycles. The van der Waals surface area contributed by atoms with Gasteiger partial charge < -0.3 is 5.11 Å². The summed E-state index contributed by atoms with van der Waals surface area (Å²) in [6.45, 7) is 0. The van der Waals surface area contributed by atoms with Crippen LogP contribution in [-0.4, -0.2) is 21.7 Å². The Bertz CT molecular complexity index is 95.0. The fourth-order valence-corrected chi connectivity index (χ4v) is 1.55. The first-order valence-electron chi connectivity index (χ1n) is 2.57. The van der Waals surface area contributed by atoms with Crippen molar-refractivity contribution >= 4 is 37.8 Å². The summed E-state index contributed by atoms with van der Waals surface area (Å²) in [7, 11) is 0. The number of aliphatic carboxylic acids is 1. The lowest BCUT2D eigenvalue weighted by Crippen LogP contribution is -2.15. The van der Waals surface area contributed by atoms with Crippen molar-refractivity contribution in [3.05, 3.63) is 0 Å². The Kier molecular flexibility index (Phi) is 5.48. The van der Waals surface area contributed by atoms with E-state index in [0.29, 0.717) is 11.8 Å². The standard InChI is InChI=1S/C5H8Br2O2/c6-2-1-4(3-7)5(8)9/h4H,1-3H2,(H,8,9). The molecule has 4 heteroatoms. The van der Waals surface area contributed by atoms with Crippen LogP contribution in [0.5, 0.6) is 0 Å². The van der Waals surface area contributed by atoms with Crippen molar-refractivity contribution in [2.75, 3.05) is 10.7 Å². The fourth-order valence-electron chi connectivity index (χ4n) is 0.398. The fraction of sp³-hybridized carbons (Fsp3) is 0.800. The van der Waals surface area contributed by atoms with Gasteiger partial charge in [0.2, 0.25) is 0 Å². The molecule has 2 nitrogen and oxygen atoms in total. The molecular weight excluding hydrogens is 252 g/mol. The van der Waals surface area contributed by atoms with Gasteiger partial charge in [-0.1, -0.05) is 31.9 Å². The Morgan fingerprint density at radius 1 is 1.56 bits per heavy atom. The molecule has 0 saturated carbocycles. The zero-order valence-corrected chi connectivity index (χ0v) is 7.98. The number of hydrogen-bond donors (Lipinski definition) is 1. The van der Waals surface area contributed by atoms with Gasteiger partial charge >= 0.3 is 5.97 Å². The second-order valence-electron chi connectivity index (χ2n) is 1.67. The van der Waals surface area contributed by atoms with Crippen LogP contribution in [0.3, 0.4) is 0 Å². The van der Waals surface area contributed by atoms with Crippen LogP contribution in [0.2, 0.25) is 0 Å². The molecule has 0 bridgehead atoms. The molecular formula is C5H8Br2O2. The first kappa shape index (κ1) is 9.43. The Morgan fingerprint density at radius 2 is 2.11 bits per heavy atom. The molecule has 0 amide bonds. The number of carbonyl (C=O) groups is 1. The van der Waals surface area contributed by atoms with Crippen LogP contribution in [0, 0.1) is 5.92 Å². The van der Waals surface area contributed by atoms with E-state index in [4.69, 9.17) is 5.11 Å². The molecule has 0 aliphatic heterocycles. The van der Waals surface area contributed by atoms with E-state index in [1.54, 1.807) is 0 Å². The van der Waals surface area contributed by atoms with Crippen molar-refractivity contribution in [1.29, 1.82) is 0 Å². The van der Waals surface area contributed by atoms with Crippen LogP contribution in [0.1, 0.15) is 6.42 Å². The number of carboxylic acids is 1. The SMILES string of the molecule is O=C(O)C(CBr)CCBr. The summed E-state index contributed by atoms with van der Waals surface area (Å²) in [5.74, 6) is -0.976. The highest BCUT2D eigenvalue weighted by Gasteiger charge is 2.13. The Hall–Kier alpha value is 0.430. The molecule has 54 valence electrons. The summed E-state index contributed by atoms with van der Waals surface area (Å²) in [5, 5.41) is 9.73. The summed E-state index contributed by atoms with van der Waals surface area (Å²) >= 11 is 6.29. The van der Waals surface area contributed by atoms with E-state index >= 15 is 0 Å². The molecule has 0 aliphatic rings. The zero-order valence-electron chi connectivity index (χ0n) is 4.81. The minimum atomic E-state index is -0.730. The lowest BCUT2D eigenvalue weighted by Gasteiger charge is -2.03. The van der Waals surface area contributed by atoms with Gasteiger partial charge in [-0.15, -0.1) is 0 Å². The average Bonchev–Trinajstić information content (AvgIpc) is 1.82. The Morgan fingerprint density at radius 3 is 2.22 bits per heavy atom. The predicted octanol–water partition coefficient (Wildman–Crippen LogP) is 1.87. The summed E-state index contributed by atoms with van der Waals surface area (Å²) in [6, 6.07) is 0. The molecule has 0 saturated heterocycles. The molecule has 1 atom stereocenters. The van der Waals surface area contributed by atoms with E-state index in [9.17, 15) is 4.79 Å². The van der Waals surface area contributed by atoms with Gasteiger partial charge in [0.15, 0.2) is 0 Å². The van der Waals surface area contributed by atoms with Gasteiger partial charge in [-0.05, 0) is 6.42 Å². The molecule has 0 rings (SSSR count). The van der Waals surface area contributed by atoms with Crippen molar-refractivity contribution in [3.8, 4) is 0 Å². The van der Waals surface area contributed by atoms with Gasteiger partial charge in [0.05, 0.1) is 5.92 Å². The van der Waals surface area contributed by atoms with Gasteiger partial charge in [-0.2, -0.15) is 0 Å². The third kappa shape index (κ3) is 3.92. The predicted molar refractivity (Wildman–Crippen MR) is 43.3 cm³/mol. The molecule has 0 radical (unpaired) electrons. The molecule has 0 heterocycles. The lowest BCUT2D eigenvalue weighted by molar-refractivity contribution is -0.140. The van der Waals surface area contributed by atoms with Gasteiger partial charge in [0.25, 0.3) is 0 Å². The molecule has 0 aromatic heterocycles. The second kappa shape index (κ2) is 5.23. The molecule has 0 spiro atoms. The van der Waals surface area contributed by atoms with Crippen molar-refractivity contribution in [3.63, 3.8) is 0 Å². The zero-order chi connectivity index (χ0) is 7.28. The quantitative estimate of drug-likeness (QED) is 0.783. The van der Waals surface area contributed by atoms with Crippen LogP contribution in [0.4, 0.5) is 0 Å². The molecule has 0 aliphatic carbocycles. The van der Waals surface area contributed by atoms with E-state index in [1.165, 1.54) is 0 Å². The number of hydrogen-bond acceptors (Lipinski definition) is 1. The van der Waals surface area contributed by atoms with Crippen LogP contribution in [0.15, 0.2) is 0 Å². The largest absolute Gasteiger partial charge is 0.481 e. The highest BCUT2D eigenvalue weighted by molar-refractivity contribution is 9.09. The number of carboxylic acid groups (broad SMARTS) is 1. The number of halogens is 2. The van der Waals surface area contributed by atoms with Crippen LogP contribution in [0.25, 0.3) is 0 Å². The van der Waals surface area contributed by atoms with Gasteiger partial charge in [0.1, 0.15) is 0 Å². The second-order valence-corrected chi connectivity index (χ2v) is 3.11. The monoisotopic (exact) mass is 258 g/mol. The number of rotatable bonds is 4. The third-order valence-electron chi connectivity index (χ3n) is 0.993. The molecule has 1 unspecified atom stereocenters. The summed E-state index contributed by atoms with van der Waals surface area (Å²) in [6.07, 6.45) is 0.681. The van der Waals surface area contributed by atoms with Crippen molar-refractivity contribution in [1.82, 2.24) is 0 Å². The van der Waals surface area contributed by atoms with Crippen molar-refractivity contribution < 1.29 is 9.90 Å². The minimum absolute atomic E-state index is 0.246. The highest BCUT2D eigenvalue weighted by Crippen LogP contribution is 2.08. The highest BCUT2D eigenvalue weighted by atomic mass is 79.9. The molecule has 0 fully saturated rings. The topological polar surface area (TPSA) is 37.3 Å². The Labute approximate surface area is 70.9 Å². The maximum absolute atomic E-state index is 10.3. The summed E-state index contributed by atoms with van der Waals surface area (Å²) in [4.78, 5) is 10.3. The van der Waals surface area contributed by atoms with Crippen molar-refractivity contribution in [2.45, 2.75) is 6.42 Å². The first-order chi connectivity index (χ1) is 4.22. The van der Waals surface area contributed by atoms with Crippen LogP contribution < -0.4 is 0 Å². The normalized spacial score (nSPS) is 13.1. The molecule has 1 N–H and O–H groups in total. The summed E-state index contributed by atoms with van der Waals surface area (Å²) < 4.78 is 0. The molecule has 0 aromatic rings. The Balaban J connectivity index is 3.54. The van der Waals surface area contributed by atoms with Gasteiger partial charge in [-0.3, -0.25) is 4.79 Å². The average molecular weight is 260 g/mol. The maximum atomic E-state index is 10.3. The van der Waals surface area contributed by atoms with Crippen LogP contribution in [-0.2, 0) is 4.79 Å². The smallest absolute Gasteiger partial charge is 0.307 e. The minimum Gasteiger partial charge on any atom is -0.481 e. The van der Waals surface area contributed by atoms with E-state index in [2.05, 4.69) is 31.9 Å². The van der Waals surface area contributed by atoms with Crippen molar-refractivity contribution in [2.24, 2.45) is 5.92 Å². The van der Waals surface area contributed by atoms with Gasteiger partial charge in [-0.25, -0.2) is 0 Å². The summed E-state index contributed by atoms with van der Waals surface area (Å²) in [5.41, 5.74) is 0. The number of alkyl halides is 2. The first-order valence-corrected chi connectivity index (χ1v) is 4.81. The molecule has 9 heavy (non-hydrogen) atoms.